The first-order chi connectivity index (χ1) is 9.41. The molecule has 20 heavy (non-hydrogen) atoms. The first-order valence-corrected chi connectivity index (χ1v) is 7.27. The summed E-state index contributed by atoms with van der Waals surface area (Å²) in [7, 11) is 0. The van der Waals surface area contributed by atoms with Gasteiger partial charge < -0.3 is 11.7 Å². The van der Waals surface area contributed by atoms with E-state index in [0.717, 1.165) is 0 Å². The van der Waals surface area contributed by atoms with Crippen molar-refractivity contribution < 1.29 is 0 Å². The minimum Gasteiger partial charge on any atom is -0.340 e. The normalized spacial score (nSPS) is 9.80. The van der Waals surface area contributed by atoms with Crippen molar-refractivity contribution >= 4 is 0 Å². The molecule has 0 saturated carbocycles. The van der Waals surface area contributed by atoms with Crippen LogP contribution < -0.4 is 11.7 Å². The van der Waals surface area contributed by atoms with E-state index in [4.69, 9.17) is 11.7 Å². The molecule has 0 unspecified atom stereocenters. The molecule has 2 aromatic rings. The summed E-state index contributed by atoms with van der Waals surface area (Å²) in [6, 6.07) is 6.02. The second-order valence-corrected chi connectivity index (χ2v) is 5.04. The molecule has 0 fully saturated rings. The minimum absolute atomic E-state index is 0.519. The van der Waals surface area contributed by atoms with Crippen LogP contribution in [0.2, 0.25) is 0 Å². The van der Waals surface area contributed by atoms with Crippen LogP contribution in [0.25, 0.3) is 0 Å². The van der Waals surface area contributed by atoms with E-state index >= 15 is 0 Å². The summed E-state index contributed by atoms with van der Waals surface area (Å²) < 4.78 is 3.24. The smallest absolute Gasteiger partial charge is 0.0417 e. The quantitative estimate of drug-likeness (QED) is 0.823. The molecule has 2 heterocycles. The predicted molar refractivity (Wildman–Crippen MR) is 88.7 cm³/mol. The van der Waals surface area contributed by atoms with Gasteiger partial charge in [0, 0.05) is 24.3 Å². The lowest BCUT2D eigenvalue weighted by molar-refractivity contribution is 0.770. The number of aromatic nitrogens is 2. The van der Waals surface area contributed by atoms with Gasteiger partial charge in [0.15, 0.2) is 0 Å². The van der Waals surface area contributed by atoms with E-state index in [-0.39, 0.29) is 0 Å². The number of nitrogens with zero attached hydrogens (tertiary/aromatic N) is 2. The van der Waals surface area contributed by atoms with Crippen LogP contribution in [0, 0.1) is 0 Å². The molecular weight excluding hydrogens is 248 g/mol. The fourth-order valence-corrected chi connectivity index (χ4v) is 1.67. The molecule has 0 spiro atoms. The maximum absolute atomic E-state index is 5.56. The van der Waals surface area contributed by atoms with Crippen LogP contribution in [0.3, 0.4) is 0 Å². The third-order valence-corrected chi connectivity index (χ3v) is 2.81. The molecule has 0 atom stereocenters. The van der Waals surface area contributed by atoms with Crippen LogP contribution in [-0.4, -0.2) is 9.35 Å². The van der Waals surface area contributed by atoms with Gasteiger partial charge in [-0.2, -0.15) is 0 Å². The first-order valence-electron chi connectivity index (χ1n) is 7.27. The van der Waals surface area contributed by atoms with Gasteiger partial charge in [-0.05, 0) is 35.6 Å². The Bertz CT molecular complexity index is 466. The van der Waals surface area contributed by atoms with Gasteiger partial charge in [0.05, 0.1) is 0 Å². The highest BCUT2D eigenvalue weighted by Crippen LogP contribution is 2.12. The average molecular weight is 278 g/mol. The van der Waals surface area contributed by atoms with Crippen molar-refractivity contribution in [2.24, 2.45) is 0 Å². The summed E-state index contributed by atoms with van der Waals surface area (Å²) in [5.74, 6) is 12.1. The molecule has 0 amide bonds. The maximum Gasteiger partial charge on any atom is 0.0417 e. The van der Waals surface area contributed by atoms with E-state index in [1.165, 1.54) is 11.3 Å². The molecular formula is C16H30N4. The van der Waals surface area contributed by atoms with Crippen LogP contribution in [0.5, 0.6) is 0 Å². The van der Waals surface area contributed by atoms with Crippen LogP contribution in [0.1, 0.15) is 64.6 Å². The predicted octanol–water partition coefficient (Wildman–Crippen LogP) is 3.68. The molecule has 0 aliphatic heterocycles. The van der Waals surface area contributed by atoms with E-state index < -0.39 is 0 Å². The number of hydrogen-bond donors (Lipinski definition) is 2. The van der Waals surface area contributed by atoms with E-state index in [9.17, 15) is 0 Å². The lowest BCUT2D eigenvalue weighted by atomic mass is 10.1. The average Bonchev–Trinajstić information content (AvgIpc) is 3.01. The van der Waals surface area contributed by atoms with E-state index in [2.05, 4.69) is 27.7 Å². The van der Waals surface area contributed by atoms with Crippen molar-refractivity contribution in [2.75, 3.05) is 11.7 Å². The van der Waals surface area contributed by atoms with Gasteiger partial charge in [0.2, 0.25) is 0 Å². The van der Waals surface area contributed by atoms with Crippen LogP contribution in [0.4, 0.5) is 0 Å². The maximum atomic E-state index is 5.56. The standard InChI is InChI=1S/2C7H12N2.C2H6/c1-6(2)7-3-4-9(8)5-7;1-6(2)7-4-3-5-9(7)8;1-2/h2*3-6H,8H2,1-2H3;1-2H3. The Kier molecular flexibility index (Phi) is 8.29. The number of nitrogen functional groups attached to an aromatic ring is 2. The Balaban J connectivity index is 0.000000321. The second-order valence-electron chi connectivity index (χ2n) is 5.04. The first kappa shape index (κ1) is 18.2. The van der Waals surface area contributed by atoms with Crippen molar-refractivity contribution in [1.29, 1.82) is 0 Å². The van der Waals surface area contributed by atoms with Crippen LogP contribution in [0.15, 0.2) is 36.8 Å². The highest BCUT2D eigenvalue weighted by atomic mass is 15.3. The molecule has 4 nitrogen and oxygen atoms in total. The van der Waals surface area contributed by atoms with Gasteiger partial charge in [0.1, 0.15) is 0 Å². The largest absolute Gasteiger partial charge is 0.340 e. The van der Waals surface area contributed by atoms with Crippen molar-refractivity contribution in [2.45, 2.75) is 53.4 Å². The lowest BCUT2D eigenvalue weighted by Crippen LogP contribution is -2.11. The molecule has 4 heteroatoms. The van der Waals surface area contributed by atoms with Gasteiger partial charge in [-0.3, -0.25) is 9.35 Å². The van der Waals surface area contributed by atoms with Crippen LogP contribution >= 0.6 is 0 Å². The van der Waals surface area contributed by atoms with Gasteiger partial charge in [-0.1, -0.05) is 41.5 Å². The topological polar surface area (TPSA) is 61.9 Å². The second kappa shape index (κ2) is 9.13. The monoisotopic (exact) mass is 278 g/mol. The third-order valence-electron chi connectivity index (χ3n) is 2.81. The Morgan fingerprint density at radius 3 is 1.70 bits per heavy atom. The van der Waals surface area contributed by atoms with Gasteiger partial charge in [-0.25, -0.2) is 0 Å². The molecule has 0 radical (unpaired) electrons. The van der Waals surface area contributed by atoms with E-state index in [1.807, 2.05) is 50.6 Å². The molecule has 2 rings (SSSR count). The summed E-state index contributed by atoms with van der Waals surface area (Å²) in [4.78, 5) is 0. The molecule has 0 bridgehead atoms. The van der Waals surface area contributed by atoms with Gasteiger partial charge in [-0.15, -0.1) is 0 Å². The number of hydrogen-bond acceptors (Lipinski definition) is 2. The highest BCUT2D eigenvalue weighted by molar-refractivity contribution is 5.14. The van der Waals surface area contributed by atoms with Crippen molar-refractivity contribution in [3.63, 3.8) is 0 Å². The van der Waals surface area contributed by atoms with Crippen molar-refractivity contribution in [3.05, 3.63) is 48.0 Å². The molecule has 0 aliphatic carbocycles. The van der Waals surface area contributed by atoms with E-state index in [0.29, 0.717) is 11.8 Å². The summed E-state index contributed by atoms with van der Waals surface area (Å²) in [6.45, 7) is 12.5. The SMILES string of the molecule is CC.CC(C)c1cccn1N.CC(C)c1ccn(N)c1. The number of rotatable bonds is 2. The Hall–Kier alpha value is -1.84. The Labute approximate surface area is 123 Å². The summed E-state index contributed by atoms with van der Waals surface area (Å²) in [5.41, 5.74) is 2.47. The van der Waals surface area contributed by atoms with Crippen LogP contribution in [-0.2, 0) is 0 Å². The van der Waals surface area contributed by atoms with Crippen molar-refractivity contribution in [3.8, 4) is 0 Å². The molecule has 114 valence electrons. The highest BCUT2D eigenvalue weighted by Gasteiger charge is 2.00. The fraction of sp³-hybridized carbons (Fsp3) is 0.500. The summed E-state index contributed by atoms with van der Waals surface area (Å²) in [6.07, 6.45) is 5.65. The lowest BCUT2D eigenvalue weighted by Gasteiger charge is -2.04. The van der Waals surface area contributed by atoms with Gasteiger partial charge >= 0.3 is 0 Å². The summed E-state index contributed by atoms with van der Waals surface area (Å²) >= 11 is 0. The zero-order chi connectivity index (χ0) is 15.7. The summed E-state index contributed by atoms with van der Waals surface area (Å²) in [5, 5.41) is 0. The van der Waals surface area contributed by atoms with Crippen molar-refractivity contribution in [1.82, 2.24) is 9.35 Å². The zero-order valence-electron chi connectivity index (χ0n) is 13.7. The zero-order valence-corrected chi connectivity index (χ0v) is 13.7. The molecule has 0 aromatic carbocycles. The Morgan fingerprint density at radius 1 is 0.900 bits per heavy atom. The minimum atomic E-state index is 0.519. The molecule has 2 aromatic heterocycles. The third kappa shape index (κ3) is 5.87. The van der Waals surface area contributed by atoms with Gasteiger partial charge in [0.25, 0.3) is 0 Å². The van der Waals surface area contributed by atoms with E-state index in [1.54, 1.807) is 9.35 Å². The molecule has 0 saturated heterocycles. The molecule has 4 N–H and O–H groups in total. The molecule has 0 aliphatic rings. The number of nitrogens with two attached hydrogens (primary N) is 2. The fourth-order valence-electron chi connectivity index (χ4n) is 1.67. The Morgan fingerprint density at radius 2 is 1.50 bits per heavy atom.